The molecule has 0 atom stereocenters. The molecular formula is C8H16. The average molecular weight is 112 g/mol. The highest BCUT2D eigenvalue weighted by atomic mass is 14.4. The van der Waals surface area contributed by atoms with Gasteiger partial charge >= 0.3 is 0 Å². The van der Waals surface area contributed by atoms with Gasteiger partial charge in [-0.15, -0.1) is 0 Å². The van der Waals surface area contributed by atoms with Crippen LogP contribution in [0.3, 0.4) is 0 Å². The van der Waals surface area contributed by atoms with Crippen LogP contribution in [0.5, 0.6) is 0 Å². The Morgan fingerprint density at radius 3 is 2.38 bits per heavy atom. The van der Waals surface area contributed by atoms with Crippen LogP contribution in [0.2, 0.25) is 0 Å². The third kappa shape index (κ3) is 1.50. The molecule has 0 spiro atoms. The van der Waals surface area contributed by atoms with Gasteiger partial charge in [0, 0.05) is 0 Å². The zero-order valence-corrected chi connectivity index (χ0v) is 6.04. The van der Waals surface area contributed by atoms with Crippen molar-refractivity contribution in [3.05, 3.63) is 0 Å². The van der Waals surface area contributed by atoms with Crippen molar-refractivity contribution < 1.29 is 0 Å². The number of rotatable bonds is 3. The monoisotopic (exact) mass is 112 g/mol. The SMILES string of the molecule is CCCCC1(C)CC1. The zero-order valence-electron chi connectivity index (χ0n) is 6.04. The van der Waals surface area contributed by atoms with E-state index in [-0.39, 0.29) is 0 Å². The molecule has 8 heavy (non-hydrogen) atoms. The highest BCUT2D eigenvalue weighted by Crippen LogP contribution is 2.48. The van der Waals surface area contributed by atoms with Gasteiger partial charge in [0.25, 0.3) is 0 Å². The summed E-state index contributed by atoms with van der Waals surface area (Å²) in [6.07, 6.45) is 7.27. The molecule has 0 N–H and O–H groups in total. The Morgan fingerprint density at radius 1 is 1.38 bits per heavy atom. The first kappa shape index (κ1) is 6.12. The molecule has 0 heterocycles. The van der Waals surface area contributed by atoms with Crippen LogP contribution in [0, 0.1) is 5.41 Å². The molecule has 48 valence electrons. The van der Waals surface area contributed by atoms with Crippen molar-refractivity contribution in [1.29, 1.82) is 0 Å². The van der Waals surface area contributed by atoms with Crippen molar-refractivity contribution in [2.45, 2.75) is 46.0 Å². The Kier molecular flexibility index (Phi) is 1.59. The minimum absolute atomic E-state index is 0.802. The van der Waals surface area contributed by atoms with E-state index in [0.29, 0.717) is 0 Å². The Hall–Kier alpha value is 0. The fourth-order valence-corrected chi connectivity index (χ4v) is 1.07. The molecule has 0 aliphatic heterocycles. The van der Waals surface area contributed by atoms with E-state index in [4.69, 9.17) is 0 Å². The molecule has 0 aromatic heterocycles. The van der Waals surface area contributed by atoms with Crippen LogP contribution < -0.4 is 0 Å². The van der Waals surface area contributed by atoms with Gasteiger partial charge in [-0.05, 0) is 24.7 Å². The lowest BCUT2D eigenvalue weighted by molar-refractivity contribution is 0.490. The van der Waals surface area contributed by atoms with Gasteiger partial charge in [-0.25, -0.2) is 0 Å². The largest absolute Gasteiger partial charge is 0.0654 e. The summed E-state index contributed by atoms with van der Waals surface area (Å²) >= 11 is 0. The van der Waals surface area contributed by atoms with Crippen LogP contribution in [0.4, 0.5) is 0 Å². The third-order valence-electron chi connectivity index (χ3n) is 2.24. The number of unbranched alkanes of at least 4 members (excludes halogenated alkanes) is 1. The number of hydrogen-bond acceptors (Lipinski definition) is 0. The van der Waals surface area contributed by atoms with E-state index in [9.17, 15) is 0 Å². The van der Waals surface area contributed by atoms with Gasteiger partial charge in [-0.2, -0.15) is 0 Å². The molecule has 0 aromatic carbocycles. The molecule has 1 saturated carbocycles. The van der Waals surface area contributed by atoms with Gasteiger partial charge in [0.15, 0.2) is 0 Å². The summed E-state index contributed by atoms with van der Waals surface area (Å²) in [4.78, 5) is 0. The van der Waals surface area contributed by atoms with Crippen molar-refractivity contribution in [3.8, 4) is 0 Å². The Balaban J connectivity index is 2.01. The van der Waals surface area contributed by atoms with E-state index in [1.54, 1.807) is 0 Å². The van der Waals surface area contributed by atoms with E-state index >= 15 is 0 Å². The predicted octanol–water partition coefficient (Wildman–Crippen LogP) is 2.98. The zero-order chi connectivity index (χ0) is 6.04. The van der Waals surface area contributed by atoms with Crippen molar-refractivity contribution in [1.82, 2.24) is 0 Å². The topological polar surface area (TPSA) is 0 Å². The Bertz CT molecular complexity index is 70.1. The molecule has 0 bridgehead atoms. The van der Waals surface area contributed by atoms with E-state index in [1.807, 2.05) is 0 Å². The standard InChI is InChI=1S/C8H16/c1-3-4-5-8(2)6-7-8/h3-7H2,1-2H3. The first-order valence-corrected chi connectivity index (χ1v) is 3.77. The summed E-state index contributed by atoms with van der Waals surface area (Å²) in [6.45, 7) is 4.68. The maximum atomic E-state index is 2.41. The van der Waals surface area contributed by atoms with Crippen LogP contribution in [0.25, 0.3) is 0 Å². The second kappa shape index (κ2) is 2.08. The van der Waals surface area contributed by atoms with Crippen LogP contribution in [0.15, 0.2) is 0 Å². The smallest absolute Gasteiger partial charge is 0.0325 e. The van der Waals surface area contributed by atoms with Crippen LogP contribution in [0.1, 0.15) is 46.0 Å². The lowest BCUT2D eigenvalue weighted by Crippen LogP contribution is -1.90. The van der Waals surface area contributed by atoms with Crippen LogP contribution in [-0.2, 0) is 0 Å². The normalized spacial score (nSPS) is 23.2. The molecule has 0 nitrogen and oxygen atoms in total. The minimum Gasteiger partial charge on any atom is -0.0654 e. The van der Waals surface area contributed by atoms with Crippen LogP contribution >= 0.6 is 0 Å². The third-order valence-corrected chi connectivity index (χ3v) is 2.24. The highest BCUT2D eigenvalue weighted by molar-refractivity contribution is 4.87. The second-order valence-electron chi connectivity index (χ2n) is 3.41. The van der Waals surface area contributed by atoms with Crippen molar-refractivity contribution >= 4 is 0 Å². The van der Waals surface area contributed by atoms with Gasteiger partial charge in [-0.3, -0.25) is 0 Å². The summed E-state index contributed by atoms with van der Waals surface area (Å²) in [5.74, 6) is 0. The summed E-state index contributed by atoms with van der Waals surface area (Å²) in [5.41, 5.74) is 0.802. The second-order valence-corrected chi connectivity index (χ2v) is 3.41. The Labute approximate surface area is 52.3 Å². The molecule has 0 unspecified atom stereocenters. The van der Waals surface area contributed by atoms with E-state index in [0.717, 1.165) is 5.41 Å². The molecule has 0 heteroatoms. The maximum absolute atomic E-state index is 2.41. The van der Waals surface area contributed by atoms with Gasteiger partial charge in [0.2, 0.25) is 0 Å². The lowest BCUT2D eigenvalue weighted by Gasteiger charge is -2.03. The lowest BCUT2D eigenvalue weighted by atomic mass is 10.0. The van der Waals surface area contributed by atoms with Crippen molar-refractivity contribution in [3.63, 3.8) is 0 Å². The van der Waals surface area contributed by atoms with Gasteiger partial charge in [-0.1, -0.05) is 26.7 Å². The van der Waals surface area contributed by atoms with Gasteiger partial charge in [0.1, 0.15) is 0 Å². The van der Waals surface area contributed by atoms with E-state index in [1.165, 1.54) is 32.1 Å². The predicted molar refractivity (Wildman–Crippen MR) is 36.9 cm³/mol. The first-order valence-electron chi connectivity index (χ1n) is 3.77. The summed E-state index contributed by atoms with van der Waals surface area (Å²) in [5, 5.41) is 0. The Morgan fingerprint density at radius 2 is 2.00 bits per heavy atom. The van der Waals surface area contributed by atoms with Gasteiger partial charge in [0.05, 0.1) is 0 Å². The maximum Gasteiger partial charge on any atom is -0.0325 e. The van der Waals surface area contributed by atoms with Crippen LogP contribution in [-0.4, -0.2) is 0 Å². The molecule has 1 aliphatic rings. The van der Waals surface area contributed by atoms with E-state index in [2.05, 4.69) is 13.8 Å². The molecule has 0 aromatic rings. The molecule has 1 fully saturated rings. The molecule has 1 aliphatic carbocycles. The summed E-state index contributed by atoms with van der Waals surface area (Å²) < 4.78 is 0. The first-order chi connectivity index (χ1) is 3.77. The fraction of sp³-hybridized carbons (Fsp3) is 1.00. The van der Waals surface area contributed by atoms with Crippen molar-refractivity contribution in [2.75, 3.05) is 0 Å². The van der Waals surface area contributed by atoms with Crippen molar-refractivity contribution in [2.24, 2.45) is 5.41 Å². The fourth-order valence-electron chi connectivity index (χ4n) is 1.07. The summed E-state index contributed by atoms with van der Waals surface area (Å²) in [6, 6.07) is 0. The molecule has 0 amide bonds. The highest BCUT2D eigenvalue weighted by Gasteiger charge is 2.35. The number of hydrogen-bond donors (Lipinski definition) is 0. The van der Waals surface area contributed by atoms with E-state index < -0.39 is 0 Å². The molecule has 1 rings (SSSR count). The summed E-state index contributed by atoms with van der Waals surface area (Å²) in [7, 11) is 0. The minimum atomic E-state index is 0.802. The van der Waals surface area contributed by atoms with Gasteiger partial charge < -0.3 is 0 Å². The average Bonchev–Trinajstić information content (AvgIpc) is 2.45. The molecule has 0 saturated heterocycles. The quantitative estimate of drug-likeness (QED) is 0.526. The molecule has 0 radical (unpaired) electrons. The molecular weight excluding hydrogens is 96.1 g/mol.